The van der Waals surface area contributed by atoms with E-state index in [1.807, 2.05) is 4.74 Å². The van der Waals surface area contributed by atoms with Gasteiger partial charge in [-0.2, -0.15) is 48.3 Å². The smallest absolute Gasteiger partial charge is 0.345 e. The maximum Gasteiger partial charge on any atom is 0.446 e. The largest absolute Gasteiger partial charge is 0.446 e. The van der Waals surface area contributed by atoms with Crippen LogP contribution in [0.4, 0.5) is 52.7 Å². The van der Waals surface area contributed by atoms with E-state index in [0.717, 1.165) is 24.4 Å². The van der Waals surface area contributed by atoms with Gasteiger partial charge in [0.25, 0.3) is 5.91 Å². The molecular weight excluding hydrogens is 468 g/mol. The molecule has 0 aromatic heterocycles. The van der Waals surface area contributed by atoms with Gasteiger partial charge in [0.05, 0.1) is 6.04 Å². The van der Waals surface area contributed by atoms with Crippen LogP contribution in [0.1, 0.15) is 18.5 Å². The van der Waals surface area contributed by atoms with E-state index < -0.39 is 53.1 Å². The lowest BCUT2D eigenvalue weighted by molar-refractivity contribution is -0.583. The Morgan fingerprint density at radius 2 is 1.32 bits per heavy atom. The summed E-state index contributed by atoms with van der Waals surface area (Å²) in [4.78, 5) is 8.44. The van der Waals surface area contributed by atoms with E-state index in [4.69, 9.17) is 0 Å². The summed E-state index contributed by atoms with van der Waals surface area (Å²) < 4.78 is 165. The topological polar surface area (TPSA) is 41.6 Å². The number of hydrogen-bond acceptors (Lipinski definition) is 3. The van der Waals surface area contributed by atoms with Crippen LogP contribution in [0, 0.1) is 0 Å². The second-order valence-corrected chi connectivity index (χ2v) is 6.28. The van der Waals surface area contributed by atoms with Gasteiger partial charge in [0, 0.05) is 0 Å². The Labute approximate surface area is 164 Å². The summed E-state index contributed by atoms with van der Waals surface area (Å²) >= 11 is 0. The van der Waals surface area contributed by atoms with Crippen molar-refractivity contribution in [1.82, 2.24) is 10.2 Å². The number of ether oxygens (including phenoxy) is 1. The number of carbonyl (C=O) groups excluding carboxylic acids is 1. The summed E-state index contributed by atoms with van der Waals surface area (Å²) in [7, 11) is 0. The van der Waals surface area contributed by atoms with E-state index in [1.54, 1.807) is 0 Å². The number of alkyl halides is 12. The fraction of sp³-hybridized carbons (Fsp3) is 0.533. The molecule has 0 unspecified atom stereocenters. The Balaban J connectivity index is 2.66. The van der Waals surface area contributed by atoms with E-state index in [0.29, 0.717) is 0 Å². The monoisotopic (exact) mass is 478 g/mol. The first-order valence-corrected chi connectivity index (χ1v) is 7.87. The highest BCUT2D eigenvalue weighted by atomic mass is 19.4. The summed E-state index contributed by atoms with van der Waals surface area (Å²) in [6.45, 7) is 0.850. The van der Waals surface area contributed by atoms with Crippen LogP contribution >= 0.6 is 0 Å². The Hall–Kier alpha value is -2.23. The average molecular weight is 478 g/mol. The third kappa shape index (κ3) is 3.68. The number of nitrogens with one attached hydrogen (secondary N) is 1. The van der Waals surface area contributed by atoms with E-state index in [1.165, 1.54) is 18.2 Å². The van der Waals surface area contributed by atoms with Crippen molar-refractivity contribution in [2.45, 2.75) is 49.2 Å². The third-order valence-corrected chi connectivity index (χ3v) is 4.15. The lowest BCUT2D eigenvalue weighted by atomic mass is 10.1. The molecule has 4 nitrogen and oxygen atoms in total. The first-order chi connectivity index (χ1) is 13.7. The van der Waals surface area contributed by atoms with Gasteiger partial charge in [-0.3, -0.25) is 4.79 Å². The molecule has 1 saturated heterocycles. The predicted molar refractivity (Wildman–Crippen MR) is 75.6 cm³/mol. The molecule has 0 spiro atoms. The molecule has 0 aliphatic carbocycles. The summed E-state index contributed by atoms with van der Waals surface area (Å²) in [5.41, 5.74) is -0.100. The number of benzene rings is 1. The number of carbonyl (C=O) groups is 1. The van der Waals surface area contributed by atoms with Crippen molar-refractivity contribution in [3.63, 3.8) is 0 Å². The molecule has 2 atom stereocenters. The number of amides is 1. The van der Waals surface area contributed by atoms with Gasteiger partial charge >= 0.3 is 36.3 Å². The zero-order valence-corrected chi connectivity index (χ0v) is 14.8. The minimum atomic E-state index is -7.12. The number of morpholine rings is 1. The van der Waals surface area contributed by atoms with Crippen molar-refractivity contribution < 1.29 is 62.2 Å². The van der Waals surface area contributed by atoms with Crippen LogP contribution in [0.3, 0.4) is 0 Å². The highest BCUT2D eigenvalue weighted by Gasteiger charge is 2.90. The van der Waals surface area contributed by atoms with Crippen LogP contribution in [0.25, 0.3) is 0 Å². The van der Waals surface area contributed by atoms with E-state index in [-0.39, 0.29) is 5.56 Å². The van der Waals surface area contributed by atoms with Crippen molar-refractivity contribution in [2.24, 2.45) is 0 Å². The number of hydrogen-bond donors (Lipinski definition) is 1. The van der Waals surface area contributed by atoms with Crippen LogP contribution in [0.15, 0.2) is 30.3 Å². The maximum absolute atomic E-state index is 14.8. The standard InChI is InChI=1S/C15H10F12N2O2/c1-7(8-5-3-2-4-6-8)28-9(30)10(16,11(17,18)19)29-12(20,21)14(24,25)31-15(26,27)13(29,22)23/h2-7H,1H3,(H,28,30)/t7-,10+/m0/s1. The fourth-order valence-electron chi connectivity index (χ4n) is 2.58. The third-order valence-electron chi connectivity index (χ3n) is 4.15. The van der Waals surface area contributed by atoms with Crippen LogP contribution in [0.2, 0.25) is 0 Å². The molecule has 2 rings (SSSR count). The van der Waals surface area contributed by atoms with Crippen LogP contribution in [-0.4, -0.2) is 47.1 Å². The van der Waals surface area contributed by atoms with Crippen molar-refractivity contribution >= 4 is 5.91 Å². The fourth-order valence-corrected chi connectivity index (χ4v) is 2.58. The van der Waals surface area contributed by atoms with Gasteiger partial charge in [-0.1, -0.05) is 30.3 Å². The Morgan fingerprint density at radius 3 is 1.71 bits per heavy atom. The number of rotatable bonds is 4. The van der Waals surface area contributed by atoms with Gasteiger partial charge in [-0.05, 0) is 12.5 Å². The first-order valence-electron chi connectivity index (χ1n) is 7.87. The van der Waals surface area contributed by atoms with Crippen molar-refractivity contribution in [1.29, 1.82) is 0 Å². The molecule has 0 bridgehead atoms. The molecule has 0 radical (unpaired) electrons. The lowest BCUT2D eigenvalue weighted by Gasteiger charge is -2.51. The van der Waals surface area contributed by atoms with Crippen LogP contribution < -0.4 is 5.32 Å². The Kier molecular flexibility index (Phi) is 5.77. The Bertz CT molecular complexity index is 803. The molecule has 1 aromatic rings. The quantitative estimate of drug-likeness (QED) is 0.500. The maximum atomic E-state index is 14.8. The highest BCUT2D eigenvalue weighted by Crippen LogP contribution is 2.60. The Morgan fingerprint density at radius 1 is 0.903 bits per heavy atom. The van der Waals surface area contributed by atoms with E-state index in [9.17, 15) is 57.5 Å². The average Bonchev–Trinajstić information content (AvgIpc) is 2.58. The molecule has 1 fully saturated rings. The molecular formula is C15H10F12N2O2. The molecule has 1 aliphatic heterocycles. The zero-order valence-electron chi connectivity index (χ0n) is 14.8. The molecule has 1 N–H and O–H groups in total. The zero-order chi connectivity index (χ0) is 24.3. The normalized spacial score (nSPS) is 25.3. The molecule has 1 aliphatic rings. The molecule has 16 heteroatoms. The highest BCUT2D eigenvalue weighted by molar-refractivity contribution is 5.86. The van der Waals surface area contributed by atoms with Gasteiger partial charge in [0.2, 0.25) is 0 Å². The molecule has 176 valence electrons. The van der Waals surface area contributed by atoms with Gasteiger partial charge in [-0.15, -0.1) is 4.90 Å². The lowest BCUT2D eigenvalue weighted by Crippen LogP contribution is -2.82. The molecule has 31 heavy (non-hydrogen) atoms. The molecule has 0 saturated carbocycles. The minimum absolute atomic E-state index is 0.100. The first kappa shape index (κ1) is 25.0. The second kappa shape index (κ2) is 7.15. The van der Waals surface area contributed by atoms with Gasteiger partial charge in [0.15, 0.2) is 0 Å². The van der Waals surface area contributed by atoms with Gasteiger partial charge in [-0.25, -0.2) is 9.13 Å². The molecule has 1 heterocycles. The summed E-state index contributed by atoms with van der Waals surface area (Å²) in [5.74, 6) is -10.1. The molecule has 1 amide bonds. The van der Waals surface area contributed by atoms with Gasteiger partial charge in [0.1, 0.15) is 0 Å². The van der Waals surface area contributed by atoms with E-state index >= 15 is 0 Å². The van der Waals surface area contributed by atoms with Crippen LogP contribution in [-0.2, 0) is 9.53 Å². The van der Waals surface area contributed by atoms with Crippen LogP contribution in [0.5, 0.6) is 0 Å². The van der Waals surface area contributed by atoms with Crippen molar-refractivity contribution in [2.75, 3.05) is 0 Å². The summed E-state index contributed by atoms with van der Waals surface area (Å²) in [5, 5.41) is 1.10. The van der Waals surface area contributed by atoms with Gasteiger partial charge < -0.3 is 5.32 Å². The number of halogens is 12. The predicted octanol–water partition coefficient (Wildman–Crippen LogP) is 4.80. The number of nitrogens with zero attached hydrogens (tertiary/aromatic N) is 1. The second-order valence-electron chi connectivity index (χ2n) is 6.28. The summed E-state index contributed by atoms with van der Waals surface area (Å²) in [6, 6.07) is -9.66. The van der Waals surface area contributed by atoms with Crippen molar-refractivity contribution in [3.05, 3.63) is 35.9 Å². The summed E-state index contributed by atoms with van der Waals surface area (Å²) in [6.07, 6.45) is -20.6. The van der Waals surface area contributed by atoms with E-state index in [2.05, 4.69) is 0 Å². The van der Waals surface area contributed by atoms with Crippen molar-refractivity contribution in [3.8, 4) is 0 Å². The molecule has 1 aromatic carbocycles. The SMILES string of the molecule is C[C@H](NC(=O)[C@@](F)(N1C(F)(F)C(F)(F)OC(F)(F)C1(F)F)C(F)(F)F)c1ccccc1. The minimum Gasteiger partial charge on any atom is -0.345 e.